The lowest BCUT2D eigenvalue weighted by Crippen LogP contribution is -2.25. The van der Waals surface area contributed by atoms with Gasteiger partial charge in [0.25, 0.3) is 0 Å². The van der Waals surface area contributed by atoms with Crippen molar-refractivity contribution in [3.05, 3.63) is 60.2 Å². The van der Waals surface area contributed by atoms with Crippen molar-refractivity contribution < 1.29 is 14.3 Å². The van der Waals surface area contributed by atoms with Gasteiger partial charge in [-0.25, -0.2) is 0 Å². The summed E-state index contributed by atoms with van der Waals surface area (Å²) in [5.74, 6) is 1.35. The van der Waals surface area contributed by atoms with E-state index in [1.165, 1.54) is 17.3 Å². The maximum absolute atomic E-state index is 12.2. The number of hydrogen-bond acceptors (Lipinski definition) is 6. The Morgan fingerprint density at radius 1 is 1.03 bits per heavy atom. The average molecular weight is 426 g/mol. The number of methoxy groups -OCH3 is 1. The summed E-state index contributed by atoms with van der Waals surface area (Å²) in [4.78, 5) is 12.2. The fraction of sp³-hybridized carbons (Fsp3) is 0.348. The van der Waals surface area contributed by atoms with Crippen LogP contribution in [-0.2, 0) is 22.5 Å². The van der Waals surface area contributed by atoms with Crippen molar-refractivity contribution >= 4 is 17.7 Å². The molecule has 0 aliphatic carbocycles. The Morgan fingerprint density at radius 3 is 2.43 bits per heavy atom. The topological polar surface area (TPSA) is 66.2 Å². The number of rotatable bonds is 8. The van der Waals surface area contributed by atoms with Gasteiger partial charge in [0.2, 0.25) is 0 Å². The van der Waals surface area contributed by atoms with Crippen LogP contribution in [0.4, 0.5) is 0 Å². The molecule has 0 saturated carbocycles. The second-order valence-electron chi connectivity index (χ2n) is 7.77. The molecular weight excluding hydrogens is 398 g/mol. The highest BCUT2D eigenvalue weighted by atomic mass is 32.2. The van der Waals surface area contributed by atoms with Gasteiger partial charge < -0.3 is 14.0 Å². The lowest BCUT2D eigenvalue weighted by Gasteiger charge is -2.19. The molecule has 0 bridgehead atoms. The van der Waals surface area contributed by atoms with Crippen LogP contribution in [0.15, 0.2) is 59.8 Å². The zero-order valence-corrected chi connectivity index (χ0v) is 18.6. The fourth-order valence-electron chi connectivity index (χ4n) is 3.01. The van der Waals surface area contributed by atoms with Crippen LogP contribution in [0.5, 0.6) is 5.75 Å². The molecule has 0 saturated heterocycles. The molecule has 0 spiro atoms. The van der Waals surface area contributed by atoms with E-state index in [-0.39, 0.29) is 11.7 Å². The number of carbonyl (C=O) groups is 1. The highest BCUT2D eigenvalue weighted by Gasteiger charge is 2.20. The predicted octanol–water partition coefficient (Wildman–Crippen LogP) is 4.63. The van der Waals surface area contributed by atoms with Crippen molar-refractivity contribution in [2.75, 3.05) is 12.9 Å². The third-order valence-corrected chi connectivity index (χ3v) is 5.21. The summed E-state index contributed by atoms with van der Waals surface area (Å²) in [6.45, 7) is 6.26. The summed E-state index contributed by atoms with van der Waals surface area (Å²) in [5.41, 5.74) is 1.58. The number of hydrogen-bond donors (Lipinski definition) is 0. The van der Waals surface area contributed by atoms with Gasteiger partial charge in [-0.2, -0.15) is 0 Å². The molecule has 2 aromatic carbocycles. The van der Waals surface area contributed by atoms with Gasteiger partial charge in [-0.1, -0.05) is 54.2 Å². The van der Waals surface area contributed by atoms with Crippen molar-refractivity contribution in [1.82, 2.24) is 14.8 Å². The fourth-order valence-corrected chi connectivity index (χ4v) is 3.74. The summed E-state index contributed by atoms with van der Waals surface area (Å²) in [5, 5.41) is 9.46. The van der Waals surface area contributed by atoms with Crippen molar-refractivity contribution in [2.45, 2.75) is 44.5 Å². The number of thioether (sulfide) groups is 1. The molecule has 1 aromatic heterocycles. The minimum atomic E-state index is -0.513. The largest absolute Gasteiger partial charge is 0.496 e. The third-order valence-electron chi connectivity index (χ3n) is 4.27. The van der Waals surface area contributed by atoms with E-state index in [0.717, 1.165) is 23.6 Å². The maximum Gasteiger partial charge on any atom is 0.316 e. The van der Waals surface area contributed by atoms with Crippen LogP contribution in [-0.4, -0.2) is 39.2 Å². The first-order valence-electron chi connectivity index (χ1n) is 9.82. The average Bonchev–Trinajstić information content (AvgIpc) is 3.12. The van der Waals surface area contributed by atoms with E-state index in [4.69, 9.17) is 9.47 Å². The highest BCUT2D eigenvalue weighted by molar-refractivity contribution is 7.99. The van der Waals surface area contributed by atoms with Crippen LogP contribution in [0.25, 0.3) is 11.4 Å². The number of para-hydroxylation sites is 1. The monoisotopic (exact) mass is 425 g/mol. The van der Waals surface area contributed by atoms with Crippen molar-refractivity contribution in [3.8, 4) is 17.1 Å². The molecule has 7 heteroatoms. The molecule has 0 radical (unpaired) electrons. The first-order valence-corrected chi connectivity index (χ1v) is 10.8. The first-order chi connectivity index (χ1) is 14.4. The number of aryl methyl sites for hydroxylation is 1. The van der Waals surface area contributed by atoms with E-state index in [1.54, 1.807) is 7.11 Å². The second-order valence-corrected chi connectivity index (χ2v) is 8.71. The summed E-state index contributed by atoms with van der Waals surface area (Å²) in [6, 6.07) is 18.0. The summed E-state index contributed by atoms with van der Waals surface area (Å²) in [7, 11) is 1.64. The third kappa shape index (κ3) is 5.86. The van der Waals surface area contributed by atoms with Crippen LogP contribution in [0, 0.1) is 0 Å². The molecule has 0 fully saturated rings. The Labute approximate surface area is 181 Å². The van der Waals surface area contributed by atoms with E-state index in [1.807, 2.05) is 67.8 Å². The van der Waals surface area contributed by atoms with Gasteiger partial charge in [0.1, 0.15) is 11.4 Å². The Kier molecular flexibility index (Phi) is 7.15. The van der Waals surface area contributed by atoms with Gasteiger partial charge in [-0.15, -0.1) is 10.2 Å². The normalized spacial score (nSPS) is 11.3. The Hall–Kier alpha value is -2.80. The lowest BCUT2D eigenvalue weighted by atomic mass is 10.1. The zero-order valence-electron chi connectivity index (χ0n) is 17.8. The van der Waals surface area contributed by atoms with Crippen LogP contribution in [0.3, 0.4) is 0 Å². The quantitative estimate of drug-likeness (QED) is 0.387. The minimum Gasteiger partial charge on any atom is -0.496 e. The van der Waals surface area contributed by atoms with E-state index >= 15 is 0 Å². The molecule has 0 atom stereocenters. The summed E-state index contributed by atoms with van der Waals surface area (Å²) in [6.07, 6.45) is 0.820. The molecule has 158 valence electrons. The highest BCUT2D eigenvalue weighted by Crippen LogP contribution is 2.31. The second kappa shape index (κ2) is 9.80. The van der Waals surface area contributed by atoms with Crippen molar-refractivity contribution in [2.24, 2.45) is 0 Å². The van der Waals surface area contributed by atoms with Crippen molar-refractivity contribution in [1.29, 1.82) is 0 Å². The van der Waals surface area contributed by atoms with E-state index in [9.17, 15) is 4.79 Å². The van der Waals surface area contributed by atoms with Crippen molar-refractivity contribution in [3.63, 3.8) is 0 Å². The van der Waals surface area contributed by atoms with Gasteiger partial charge in [-0.05, 0) is 44.9 Å². The number of carbonyl (C=O) groups excluding carboxylic acids is 1. The Bertz CT molecular complexity index is 981. The molecule has 0 aliphatic heterocycles. The number of ether oxygens (including phenoxy) is 2. The van der Waals surface area contributed by atoms with Gasteiger partial charge >= 0.3 is 5.97 Å². The van der Waals surface area contributed by atoms with Gasteiger partial charge in [0.15, 0.2) is 11.0 Å². The Balaban J connectivity index is 1.86. The van der Waals surface area contributed by atoms with Crippen LogP contribution < -0.4 is 4.74 Å². The first kappa shape index (κ1) is 21.9. The lowest BCUT2D eigenvalue weighted by molar-refractivity contribution is -0.151. The standard InChI is InChI=1S/C23H27N3O3S/c1-23(2,3)29-20(27)16-30-22-25-24-21(18-12-8-9-13-19(18)28-4)26(22)15-14-17-10-6-5-7-11-17/h5-13H,14-16H2,1-4H3. The number of aromatic nitrogens is 3. The summed E-state index contributed by atoms with van der Waals surface area (Å²) < 4.78 is 13.0. The predicted molar refractivity (Wildman–Crippen MR) is 119 cm³/mol. The number of benzene rings is 2. The van der Waals surface area contributed by atoms with Gasteiger partial charge in [0, 0.05) is 6.54 Å². The van der Waals surface area contributed by atoms with E-state index in [0.29, 0.717) is 11.7 Å². The summed E-state index contributed by atoms with van der Waals surface area (Å²) >= 11 is 1.33. The van der Waals surface area contributed by atoms with Gasteiger partial charge in [-0.3, -0.25) is 4.79 Å². The number of esters is 1. The van der Waals surface area contributed by atoms with Crippen LogP contribution >= 0.6 is 11.8 Å². The molecule has 0 aliphatic rings. The van der Waals surface area contributed by atoms with Crippen LogP contribution in [0.1, 0.15) is 26.3 Å². The molecule has 0 N–H and O–H groups in total. The van der Waals surface area contributed by atoms with E-state index in [2.05, 4.69) is 22.3 Å². The Morgan fingerprint density at radius 2 is 1.73 bits per heavy atom. The molecule has 6 nitrogen and oxygen atoms in total. The van der Waals surface area contributed by atoms with Gasteiger partial charge in [0.05, 0.1) is 18.4 Å². The molecule has 1 heterocycles. The molecule has 0 amide bonds. The maximum atomic E-state index is 12.2. The molecular formula is C23H27N3O3S. The van der Waals surface area contributed by atoms with Crippen LogP contribution in [0.2, 0.25) is 0 Å². The molecule has 0 unspecified atom stereocenters. The zero-order chi connectivity index (χ0) is 21.6. The molecule has 3 aromatic rings. The SMILES string of the molecule is COc1ccccc1-c1nnc(SCC(=O)OC(C)(C)C)n1CCc1ccccc1. The molecule has 30 heavy (non-hydrogen) atoms. The smallest absolute Gasteiger partial charge is 0.316 e. The minimum absolute atomic E-state index is 0.173. The van der Waals surface area contributed by atoms with E-state index < -0.39 is 5.60 Å². The number of nitrogens with zero attached hydrogens (tertiary/aromatic N) is 3. The molecule has 3 rings (SSSR count).